The molecule has 5 rings (SSSR count). The molecule has 0 saturated heterocycles. The highest BCUT2D eigenvalue weighted by Gasteiger charge is 2.16. The molecule has 0 radical (unpaired) electrons. The molecule has 1 aliphatic rings. The van der Waals surface area contributed by atoms with Gasteiger partial charge in [-0.15, -0.1) is 0 Å². The Balaban J connectivity index is 1.30. The maximum atomic E-state index is 12.9. The van der Waals surface area contributed by atoms with Gasteiger partial charge in [-0.3, -0.25) is 4.79 Å². The number of hydrogen-bond acceptors (Lipinski definition) is 6. The van der Waals surface area contributed by atoms with Crippen molar-refractivity contribution in [3.8, 4) is 17.2 Å². The minimum absolute atomic E-state index is 0.139. The van der Waals surface area contributed by atoms with E-state index in [1.807, 2.05) is 72.3 Å². The summed E-state index contributed by atoms with van der Waals surface area (Å²) < 4.78 is 12.7. The van der Waals surface area contributed by atoms with Crippen LogP contribution in [0.15, 0.2) is 79.3 Å². The summed E-state index contributed by atoms with van der Waals surface area (Å²) in [7, 11) is 0. The summed E-state index contributed by atoms with van der Waals surface area (Å²) in [4.78, 5) is 17.3. The molecule has 0 aliphatic carbocycles. The van der Waals surface area contributed by atoms with Crippen molar-refractivity contribution in [1.82, 2.24) is 14.9 Å². The molecule has 0 unspecified atom stereocenters. The molecule has 8 heteroatoms. The minimum atomic E-state index is -0.367. The Labute approximate surface area is 203 Å². The molecule has 2 aromatic heterocycles. The standard InChI is InChI=1S/C27H26N4O4/c1-18-14-28-26(29-21-7-8-24-25(12-21)35-17-34-24)13-23(18)31-10-9-20(15-31)27(33)30-22(16-32)11-19-5-3-2-4-6-19/h2-10,12-15,22,32H,11,16-17H2,1H3,(H,28,29)(H,30,33)/t22-/m0/s1. The van der Waals surface area contributed by atoms with E-state index in [9.17, 15) is 9.90 Å². The van der Waals surface area contributed by atoms with Crippen molar-refractivity contribution in [2.45, 2.75) is 19.4 Å². The van der Waals surface area contributed by atoms with Gasteiger partial charge in [0.1, 0.15) is 5.82 Å². The molecule has 3 N–H and O–H groups in total. The Morgan fingerprint density at radius 1 is 1.11 bits per heavy atom. The molecule has 178 valence electrons. The fraction of sp³-hybridized carbons (Fsp3) is 0.185. The van der Waals surface area contributed by atoms with Crippen LogP contribution in [0, 0.1) is 6.92 Å². The first-order valence-corrected chi connectivity index (χ1v) is 11.4. The zero-order valence-corrected chi connectivity index (χ0v) is 19.3. The van der Waals surface area contributed by atoms with Crippen LogP contribution in [0.5, 0.6) is 11.5 Å². The topological polar surface area (TPSA) is 97.6 Å². The minimum Gasteiger partial charge on any atom is -0.454 e. The SMILES string of the molecule is Cc1cnc(Nc2ccc3c(c2)OCO3)cc1-n1ccc(C(=O)N[C@H](CO)Cc2ccccc2)c1. The van der Waals surface area contributed by atoms with E-state index in [-0.39, 0.29) is 25.3 Å². The number of nitrogens with one attached hydrogen (secondary N) is 2. The number of pyridine rings is 1. The Morgan fingerprint density at radius 2 is 1.94 bits per heavy atom. The van der Waals surface area contributed by atoms with Crippen LogP contribution in [-0.4, -0.2) is 40.0 Å². The molecule has 0 fully saturated rings. The Morgan fingerprint density at radius 3 is 2.77 bits per heavy atom. The number of aliphatic hydroxyl groups excluding tert-OH is 1. The van der Waals surface area contributed by atoms with Crippen molar-refractivity contribution in [2.75, 3.05) is 18.7 Å². The molecule has 0 bridgehead atoms. The second-order valence-electron chi connectivity index (χ2n) is 8.40. The van der Waals surface area contributed by atoms with Gasteiger partial charge in [0.25, 0.3) is 5.91 Å². The summed E-state index contributed by atoms with van der Waals surface area (Å²) >= 11 is 0. The molecule has 0 saturated carbocycles. The van der Waals surface area contributed by atoms with E-state index in [1.165, 1.54) is 0 Å². The van der Waals surface area contributed by atoms with Gasteiger partial charge in [-0.05, 0) is 42.7 Å². The lowest BCUT2D eigenvalue weighted by atomic mass is 10.1. The number of carbonyl (C=O) groups excluding carboxylic acids is 1. The summed E-state index contributed by atoms with van der Waals surface area (Å²) in [5, 5.41) is 16.0. The van der Waals surface area contributed by atoms with Crippen molar-refractivity contribution in [3.63, 3.8) is 0 Å². The number of benzene rings is 2. The van der Waals surface area contributed by atoms with E-state index in [2.05, 4.69) is 15.6 Å². The molecule has 1 amide bonds. The van der Waals surface area contributed by atoms with Gasteiger partial charge in [-0.2, -0.15) is 0 Å². The van der Waals surface area contributed by atoms with E-state index in [1.54, 1.807) is 18.5 Å². The van der Waals surface area contributed by atoms with Gasteiger partial charge in [0.2, 0.25) is 6.79 Å². The number of aromatic nitrogens is 2. The van der Waals surface area contributed by atoms with Gasteiger partial charge < -0.3 is 29.8 Å². The van der Waals surface area contributed by atoms with E-state index in [4.69, 9.17) is 9.47 Å². The third kappa shape index (κ3) is 5.12. The lowest BCUT2D eigenvalue weighted by Gasteiger charge is -2.16. The number of carbonyl (C=O) groups is 1. The number of aryl methyl sites for hydroxylation is 1. The van der Waals surface area contributed by atoms with Crippen LogP contribution in [0.25, 0.3) is 5.69 Å². The molecule has 4 aromatic rings. The zero-order valence-electron chi connectivity index (χ0n) is 19.3. The van der Waals surface area contributed by atoms with Crippen LogP contribution in [0.1, 0.15) is 21.5 Å². The van der Waals surface area contributed by atoms with Gasteiger partial charge in [0, 0.05) is 36.4 Å². The molecule has 2 aromatic carbocycles. The first-order chi connectivity index (χ1) is 17.1. The normalized spacial score (nSPS) is 12.9. The number of fused-ring (bicyclic) bond motifs is 1. The average molecular weight is 471 g/mol. The lowest BCUT2D eigenvalue weighted by molar-refractivity contribution is 0.0916. The molecular formula is C27H26N4O4. The Hall–Kier alpha value is -4.30. The molecule has 3 heterocycles. The second-order valence-corrected chi connectivity index (χ2v) is 8.40. The summed E-state index contributed by atoms with van der Waals surface area (Å²) in [5.74, 6) is 1.84. The number of ether oxygens (including phenoxy) is 2. The van der Waals surface area contributed by atoms with Crippen molar-refractivity contribution in [2.24, 2.45) is 0 Å². The predicted octanol–water partition coefficient (Wildman–Crippen LogP) is 3.99. The summed E-state index contributed by atoms with van der Waals surface area (Å²) in [6.45, 7) is 2.05. The Kier molecular flexibility index (Phi) is 6.36. The highest BCUT2D eigenvalue weighted by Crippen LogP contribution is 2.35. The molecular weight excluding hydrogens is 444 g/mol. The number of nitrogens with zero attached hydrogens (tertiary/aromatic N) is 2. The fourth-order valence-corrected chi connectivity index (χ4v) is 3.99. The van der Waals surface area contributed by atoms with Crippen LogP contribution < -0.4 is 20.1 Å². The Bertz CT molecular complexity index is 1340. The van der Waals surface area contributed by atoms with Crippen LogP contribution in [-0.2, 0) is 6.42 Å². The molecule has 1 aliphatic heterocycles. The first kappa shape index (κ1) is 22.5. The van der Waals surface area contributed by atoms with Gasteiger partial charge in [-0.1, -0.05) is 30.3 Å². The molecule has 35 heavy (non-hydrogen) atoms. The van der Waals surface area contributed by atoms with E-state index in [0.29, 0.717) is 23.6 Å². The van der Waals surface area contributed by atoms with E-state index < -0.39 is 0 Å². The summed E-state index contributed by atoms with van der Waals surface area (Å²) in [6, 6.07) is 18.7. The summed E-state index contributed by atoms with van der Waals surface area (Å²) in [5.41, 5.74) is 4.25. The number of rotatable bonds is 8. The first-order valence-electron chi connectivity index (χ1n) is 11.4. The smallest absolute Gasteiger partial charge is 0.253 e. The highest BCUT2D eigenvalue weighted by atomic mass is 16.7. The van der Waals surface area contributed by atoms with Gasteiger partial charge in [-0.25, -0.2) is 4.98 Å². The number of amides is 1. The van der Waals surface area contributed by atoms with Gasteiger partial charge in [0.15, 0.2) is 11.5 Å². The number of anilines is 2. The third-order valence-electron chi connectivity index (χ3n) is 5.83. The number of hydrogen-bond donors (Lipinski definition) is 3. The van der Waals surface area contributed by atoms with Gasteiger partial charge >= 0.3 is 0 Å². The van der Waals surface area contributed by atoms with Crippen LogP contribution in [0.4, 0.5) is 11.5 Å². The van der Waals surface area contributed by atoms with Crippen molar-refractivity contribution in [3.05, 3.63) is 95.9 Å². The largest absolute Gasteiger partial charge is 0.454 e. The quantitative estimate of drug-likeness (QED) is 0.360. The maximum absolute atomic E-state index is 12.9. The maximum Gasteiger partial charge on any atom is 0.253 e. The summed E-state index contributed by atoms with van der Waals surface area (Å²) in [6.07, 6.45) is 5.96. The van der Waals surface area contributed by atoms with Crippen molar-refractivity contribution >= 4 is 17.4 Å². The third-order valence-corrected chi connectivity index (χ3v) is 5.83. The molecule has 0 spiro atoms. The van der Waals surface area contributed by atoms with Crippen LogP contribution in [0.2, 0.25) is 0 Å². The highest BCUT2D eigenvalue weighted by molar-refractivity contribution is 5.94. The lowest BCUT2D eigenvalue weighted by Crippen LogP contribution is -2.39. The van der Waals surface area contributed by atoms with Crippen molar-refractivity contribution in [1.29, 1.82) is 0 Å². The molecule has 1 atom stereocenters. The monoisotopic (exact) mass is 470 g/mol. The fourth-order valence-electron chi connectivity index (χ4n) is 3.99. The predicted molar refractivity (Wildman–Crippen MR) is 133 cm³/mol. The van der Waals surface area contributed by atoms with Crippen molar-refractivity contribution < 1.29 is 19.4 Å². The average Bonchev–Trinajstić information content (AvgIpc) is 3.55. The van der Waals surface area contributed by atoms with Crippen LogP contribution >= 0.6 is 0 Å². The zero-order chi connectivity index (χ0) is 24.2. The number of aliphatic hydroxyl groups is 1. The van der Waals surface area contributed by atoms with Crippen LogP contribution in [0.3, 0.4) is 0 Å². The molecule has 8 nitrogen and oxygen atoms in total. The van der Waals surface area contributed by atoms with Gasteiger partial charge in [0.05, 0.1) is 23.9 Å². The van der Waals surface area contributed by atoms with E-state index in [0.717, 1.165) is 28.3 Å². The van der Waals surface area contributed by atoms with E-state index >= 15 is 0 Å². The second kappa shape index (κ2) is 9.90.